The maximum atomic E-state index is 11.4. The minimum absolute atomic E-state index is 0.0379. The van der Waals surface area contributed by atoms with E-state index in [2.05, 4.69) is 0 Å². The second-order valence-electron chi connectivity index (χ2n) is 13.0. The molecule has 0 saturated carbocycles. The predicted octanol–water partition coefficient (Wildman–Crippen LogP) is -3.23. The van der Waals surface area contributed by atoms with Crippen LogP contribution in [0, 0.1) is 0 Å². The molecule has 288 valence electrons. The van der Waals surface area contributed by atoms with Crippen LogP contribution >= 0.6 is 0 Å². The van der Waals surface area contributed by atoms with Crippen LogP contribution in [0.5, 0.6) is 23.0 Å². The summed E-state index contributed by atoms with van der Waals surface area (Å²) in [7, 11) is 0. The lowest BCUT2D eigenvalue weighted by molar-refractivity contribution is -0.368. The SMILES string of the molecule is CC1OC(OCC2OC(OC3=Cc4c(O)cc(O)cc4OC3c3ccc(O)cc3)C(OC3OC(CO)C(O)C(O)C3O)C(O)C2O)C(O)C(O)C1O. The van der Waals surface area contributed by atoms with Gasteiger partial charge in [-0.25, -0.2) is 0 Å². The Morgan fingerprint density at radius 2 is 1.29 bits per heavy atom. The first-order valence-corrected chi connectivity index (χ1v) is 16.4. The largest absolute Gasteiger partial charge is 0.508 e. The van der Waals surface area contributed by atoms with Crippen molar-refractivity contribution in [1.82, 2.24) is 0 Å². The number of aliphatic hydroxyl groups excluding tert-OH is 9. The van der Waals surface area contributed by atoms with Crippen molar-refractivity contribution in [1.29, 1.82) is 0 Å². The lowest BCUT2D eigenvalue weighted by Gasteiger charge is -2.47. The van der Waals surface area contributed by atoms with Crippen molar-refractivity contribution >= 4 is 6.08 Å². The molecular weight excluding hydrogens is 700 g/mol. The van der Waals surface area contributed by atoms with Crippen LogP contribution in [0.25, 0.3) is 6.08 Å². The highest BCUT2D eigenvalue weighted by Gasteiger charge is 2.53. The van der Waals surface area contributed by atoms with Crippen LogP contribution in [0.1, 0.15) is 24.2 Å². The minimum Gasteiger partial charge on any atom is -0.508 e. The molecule has 0 radical (unpaired) electrons. The second-order valence-corrected chi connectivity index (χ2v) is 13.0. The third-order valence-corrected chi connectivity index (χ3v) is 9.36. The molecule has 16 atom stereocenters. The Labute approximate surface area is 295 Å². The average Bonchev–Trinajstić information content (AvgIpc) is 3.12. The van der Waals surface area contributed by atoms with Gasteiger partial charge in [0.2, 0.25) is 6.29 Å². The van der Waals surface area contributed by atoms with Gasteiger partial charge in [-0.2, -0.15) is 0 Å². The molecule has 3 saturated heterocycles. The van der Waals surface area contributed by atoms with E-state index in [4.69, 9.17) is 33.2 Å². The summed E-state index contributed by atoms with van der Waals surface area (Å²) in [5.74, 6) is -0.866. The minimum atomic E-state index is -1.95. The van der Waals surface area contributed by atoms with Gasteiger partial charge in [0, 0.05) is 17.7 Å². The number of ether oxygens (including phenoxy) is 7. The quantitative estimate of drug-likeness (QED) is 0.120. The number of hydrogen-bond acceptors (Lipinski definition) is 19. The number of rotatable bonds is 9. The molecule has 6 rings (SSSR count). The van der Waals surface area contributed by atoms with Gasteiger partial charge in [-0.05, 0) is 25.1 Å². The molecular formula is C33H42O19. The van der Waals surface area contributed by atoms with Gasteiger partial charge in [-0.15, -0.1) is 0 Å². The van der Waals surface area contributed by atoms with Crippen molar-refractivity contribution in [2.24, 2.45) is 0 Å². The first-order valence-electron chi connectivity index (χ1n) is 16.4. The van der Waals surface area contributed by atoms with E-state index in [1.165, 1.54) is 43.3 Å². The normalized spacial score (nSPS) is 40.7. The van der Waals surface area contributed by atoms with Crippen LogP contribution in [-0.2, 0) is 28.4 Å². The number of aromatic hydroxyl groups is 3. The summed E-state index contributed by atoms with van der Waals surface area (Å²) in [6, 6.07) is 7.99. The second kappa shape index (κ2) is 15.5. The summed E-state index contributed by atoms with van der Waals surface area (Å²) >= 11 is 0. The summed E-state index contributed by atoms with van der Waals surface area (Å²) < 4.78 is 40.7. The highest BCUT2D eigenvalue weighted by atomic mass is 16.8. The molecule has 19 nitrogen and oxygen atoms in total. The third kappa shape index (κ3) is 7.52. The van der Waals surface area contributed by atoms with Crippen LogP contribution in [0.15, 0.2) is 42.2 Å². The Hall–Kier alpha value is -3.38. The van der Waals surface area contributed by atoms with Crippen molar-refractivity contribution < 1.29 is 94.4 Å². The number of phenols is 3. The average molecular weight is 743 g/mol. The zero-order valence-corrected chi connectivity index (χ0v) is 27.4. The van der Waals surface area contributed by atoms with E-state index >= 15 is 0 Å². The van der Waals surface area contributed by atoms with Crippen molar-refractivity contribution in [3.8, 4) is 23.0 Å². The number of fused-ring (bicyclic) bond motifs is 1. The van der Waals surface area contributed by atoms with Crippen molar-refractivity contribution in [2.75, 3.05) is 13.2 Å². The Kier molecular flexibility index (Phi) is 11.5. The number of aliphatic hydroxyl groups is 9. The van der Waals surface area contributed by atoms with Crippen molar-refractivity contribution in [2.45, 2.75) is 105 Å². The molecule has 0 aliphatic carbocycles. The zero-order valence-electron chi connectivity index (χ0n) is 27.4. The van der Waals surface area contributed by atoms with E-state index in [0.717, 1.165) is 6.07 Å². The van der Waals surface area contributed by atoms with Gasteiger partial charge in [-0.3, -0.25) is 0 Å². The fraction of sp³-hybridized carbons (Fsp3) is 0.576. The summed E-state index contributed by atoms with van der Waals surface area (Å²) in [5.41, 5.74) is 0.447. The standard InChI is InChI=1S/C33H42O19/c1-11-21(38)24(41)27(44)31(47-11)46-10-20-23(40)26(43)30(52-32-28(45)25(42)22(39)19(9-34)50-32)33(51-20)49-18-8-15-16(37)6-14(36)7-17(15)48-29(18)12-2-4-13(35)5-3-12/h2-8,11,19-45H,9-10H2,1H3. The lowest BCUT2D eigenvalue weighted by Crippen LogP contribution is -2.65. The first-order chi connectivity index (χ1) is 24.7. The molecule has 3 fully saturated rings. The molecule has 2 aromatic carbocycles. The predicted molar refractivity (Wildman–Crippen MR) is 168 cm³/mol. The zero-order chi connectivity index (χ0) is 37.6. The lowest BCUT2D eigenvalue weighted by atomic mass is 9.97. The monoisotopic (exact) mass is 742 g/mol. The van der Waals surface area contributed by atoms with E-state index in [0.29, 0.717) is 5.56 Å². The van der Waals surface area contributed by atoms with E-state index in [1.807, 2.05) is 0 Å². The third-order valence-electron chi connectivity index (χ3n) is 9.36. The molecule has 52 heavy (non-hydrogen) atoms. The molecule has 0 bridgehead atoms. The molecule has 2 aromatic rings. The Balaban J connectivity index is 1.33. The van der Waals surface area contributed by atoms with Gasteiger partial charge < -0.3 is 94.4 Å². The molecule has 0 spiro atoms. The van der Waals surface area contributed by atoms with Crippen LogP contribution in [0.4, 0.5) is 0 Å². The van der Waals surface area contributed by atoms with Gasteiger partial charge in [-0.1, -0.05) is 12.1 Å². The van der Waals surface area contributed by atoms with Gasteiger partial charge >= 0.3 is 0 Å². The van der Waals surface area contributed by atoms with Crippen LogP contribution in [0.2, 0.25) is 0 Å². The first kappa shape index (κ1) is 38.3. The van der Waals surface area contributed by atoms with Gasteiger partial charge in [0.25, 0.3) is 0 Å². The van der Waals surface area contributed by atoms with Crippen molar-refractivity contribution in [3.63, 3.8) is 0 Å². The number of benzene rings is 2. The van der Waals surface area contributed by atoms with E-state index in [-0.39, 0.29) is 28.6 Å². The summed E-state index contributed by atoms with van der Waals surface area (Å²) in [6.07, 6.45) is -24.7. The fourth-order valence-electron chi connectivity index (χ4n) is 6.31. The number of hydrogen-bond donors (Lipinski definition) is 12. The molecule has 4 aliphatic rings. The topological polar surface area (TPSA) is 307 Å². The highest BCUT2D eigenvalue weighted by Crippen LogP contribution is 2.45. The number of phenolic OH excluding ortho intramolecular Hbond substituents is 3. The molecule has 0 amide bonds. The van der Waals surface area contributed by atoms with Gasteiger partial charge in [0.05, 0.1) is 24.9 Å². The van der Waals surface area contributed by atoms with E-state index in [9.17, 15) is 61.3 Å². The summed E-state index contributed by atoms with van der Waals surface area (Å²) in [6.45, 7) is 0.0212. The summed E-state index contributed by atoms with van der Waals surface area (Å²) in [5, 5.41) is 125. The molecule has 16 unspecified atom stereocenters. The summed E-state index contributed by atoms with van der Waals surface area (Å²) in [4.78, 5) is 0. The molecule has 12 N–H and O–H groups in total. The van der Waals surface area contributed by atoms with Gasteiger partial charge in [0.1, 0.15) is 89.8 Å². The highest BCUT2D eigenvalue weighted by molar-refractivity contribution is 5.69. The Bertz CT molecular complexity index is 1550. The smallest absolute Gasteiger partial charge is 0.229 e. The van der Waals surface area contributed by atoms with Gasteiger partial charge in [0.15, 0.2) is 24.8 Å². The van der Waals surface area contributed by atoms with E-state index < -0.39 is 117 Å². The molecule has 19 heteroatoms. The van der Waals surface area contributed by atoms with Crippen molar-refractivity contribution in [3.05, 3.63) is 53.3 Å². The molecule has 4 aliphatic heterocycles. The Morgan fingerprint density at radius 1 is 0.654 bits per heavy atom. The molecule has 4 heterocycles. The van der Waals surface area contributed by atoms with Crippen LogP contribution in [0.3, 0.4) is 0 Å². The molecule has 0 aromatic heterocycles. The maximum Gasteiger partial charge on any atom is 0.229 e. The fourth-order valence-corrected chi connectivity index (χ4v) is 6.31. The Morgan fingerprint density at radius 3 is 1.98 bits per heavy atom. The van der Waals surface area contributed by atoms with Crippen LogP contribution in [-0.4, -0.2) is 167 Å². The van der Waals surface area contributed by atoms with Crippen LogP contribution < -0.4 is 4.74 Å². The van der Waals surface area contributed by atoms with E-state index in [1.54, 1.807) is 0 Å². The maximum absolute atomic E-state index is 11.4.